The van der Waals surface area contributed by atoms with E-state index < -0.39 is 0 Å². The first-order chi connectivity index (χ1) is 14.6. The van der Waals surface area contributed by atoms with Crippen LogP contribution in [0.4, 0.5) is 5.13 Å². The first kappa shape index (κ1) is 20.3. The minimum absolute atomic E-state index is 0.147. The maximum atomic E-state index is 13.4. The number of pyridine rings is 1. The van der Waals surface area contributed by atoms with Crippen LogP contribution in [-0.2, 0) is 6.54 Å². The zero-order valence-electron chi connectivity index (χ0n) is 16.6. The molecule has 4 rings (SSSR count). The van der Waals surface area contributed by atoms with Crippen LogP contribution in [0.3, 0.4) is 0 Å². The molecule has 1 amide bonds. The van der Waals surface area contributed by atoms with E-state index in [-0.39, 0.29) is 5.91 Å². The van der Waals surface area contributed by atoms with Crippen LogP contribution in [0.25, 0.3) is 10.2 Å². The van der Waals surface area contributed by atoms with Crippen molar-refractivity contribution in [2.45, 2.75) is 20.4 Å². The van der Waals surface area contributed by atoms with Gasteiger partial charge >= 0.3 is 0 Å². The first-order valence-electron chi connectivity index (χ1n) is 9.57. The molecule has 0 radical (unpaired) electrons. The Morgan fingerprint density at radius 1 is 1.13 bits per heavy atom. The van der Waals surface area contributed by atoms with Crippen LogP contribution >= 0.6 is 22.9 Å². The van der Waals surface area contributed by atoms with Gasteiger partial charge in [0.25, 0.3) is 5.91 Å². The van der Waals surface area contributed by atoms with Crippen molar-refractivity contribution in [3.05, 3.63) is 82.6 Å². The Bertz CT molecular complexity index is 1180. The number of aromatic nitrogens is 2. The quantitative estimate of drug-likeness (QED) is 0.377. The molecule has 30 heavy (non-hydrogen) atoms. The average Bonchev–Trinajstić information content (AvgIpc) is 3.20. The van der Waals surface area contributed by atoms with Gasteiger partial charge in [-0.05, 0) is 67.9 Å². The Kier molecular flexibility index (Phi) is 5.97. The van der Waals surface area contributed by atoms with Crippen molar-refractivity contribution in [3.8, 4) is 5.75 Å². The lowest BCUT2D eigenvalue weighted by Crippen LogP contribution is -2.30. The number of nitrogens with zero attached hydrogens (tertiary/aromatic N) is 3. The third kappa shape index (κ3) is 4.15. The minimum Gasteiger partial charge on any atom is -0.494 e. The van der Waals surface area contributed by atoms with Crippen LogP contribution in [0.5, 0.6) is 5.75 Å². The Balaban J connectivity index is 1.74. The van der Waals surface area contributed by atoms with E-state index in [1.165, 1.54) is 11.3 Å². The number of thiazole rings is 1. The number of hydrogen-bond donors (Lipinski definition) is 0. The van der Waals surface area contributed by atoms with E-state index in [1.54, 1.807) is 35.4 Å². The van der Waals surface area contributed by atoms with Gasteiger partial charge in [0, 0.05) is 16.8 Å². The fourth-order valence-corrected chi connectivity index (χ4v) is 4.28. The van der Waals surface area contributed by atoms with Crippen molar-refractivity contribution in [1.82, 2.24) is 9.97 Å². The minimum atomic E-state index is -0.147. The monoisotopic (exact) mass is 437 g/mol. The molecule has 0 saturated carbocycles. The molecule has 0 aliphatic carbocycles. The van der Waals surface area contributed by atoms with E-state index in [1.807, 2.05) is 44.2 Å². The summed E-state index contributed by atoms with van der Waals surface area (Å²) in [5.74, 6) is 0.585. The van der Waals surface area contributed by atoms with Gasteiger partial charge in [0.05, 0.1) is 29.1 Å². The van der Waals surface area contributed by atoms with Gasteiger partial charge in [-0.25, -0.2) is 4.98 Å². The zero-order valence-corrected chi connectivity index (χ0v) is 18.2. The van der Waals surface area contributed by atoms with E-state index in [9.17, 15) is 4.79 Å². The standard InChI is InChI=1S/C23H20ClN3O2S/c1-3-29-18-9-7-16(8-10-18)22(28)27(14-17-6-4-5-13-25-17)23-26-21-15(2)19(24)11-12-20(21)30-23/h4-13H,3,14H2,1-2H3. The van der Waals surface area contributed by atoms with Gasteiger partial charge in [0.2, 0.25) is 0 Å². The van der Waals surface area contributed by atoms with Crippen LogP contribution in [0.15, 0.2) is 60.8 Å². The molecule has 152 valence electrons. The predicted molar refractivity (Wildman–Crippen MR) is 122 cm³/mol. The lowest BCUT2D eigenvalue weighted by atomic mass is 10.2. The number of rotatable bonds is 6. The highest BCUT2D eigenvalue weighted by atomic mass is 35.5. The normalized spacial score (nSPS) is 10.9. The average molecular weight is 438 g/mol. The van der Waals surface area contributed by atoms with Crippen molar-refractivity contribution in [2.75, 3.05) is 11.5 Å². The molecular formula is C23H20ClN3O2S. The fourth-order valence-electron chi connectivity index (χ4n) is 3.10. The van der Waals surface area contributed by atoms with Crippen molar-refractivity contribution in [2.24, 2.45) is 0 Å². The van der Waals surface area contributed by atoms with Gasteiger partial charge in [-0.15, -0.1) is 0 Å². The Hall–Kier alpha value is -2.96. The van der Waals surface area contributed by atoms with Crippen LogP contribution in [0, 0.1) is 6.92 Å². The molecule has 2 aromatic heterocycles. The van der Waals surface area contributed by atoms with Crippen molar-refractivity contribution < 1.29 is 9.53 Å². The molecule has 0 bridgehead atoms. The summed E-state index contributed by atoms with van der Waals surface area (Å²) in [7, 11) is 0. The molecule has 4 aromatic rings. The molecule has 0 N–H and O–H groups in total. The van der Waals surface area contributed by atoms with E-state index >= 15 is 0 Å². The molecule has 0 saturated heterocycles. The zero-order chi connectivity index (χ0) is 21.1. The summed E-state index contributed by atoms with van der Waals surface area (Å²) < 4.78 is 6.47. The van der Waals surface area contributed by atoms with E-state index in [0.29, 0.717) is 28.9 Å². The maximum absolute atomic E-state index is 13.4. The van der Waals surface area contributed by atoms with Crippen LogP contribution in [0.1, 0.15) is 28.5 Å². The highest BCUT2D eigenvalue weighted by molar-refractivity contribution is 7.22. The number of carbonyl (C=O) groups is 1. The molecule has 2 heterocycles. The maximum Gasteiger partial charge on any atom is 0.260 e. The molecule has 5 nitrogen and oxygen atoms in total. The second-order valence-electron chi connectivity index (χ2n) is 6.69. The summed E-state index contributed by atoms with van der Waals surface area (Å²) >= 11 is 7.73. The summed E-state index contributed by atoms with van der Waals surface area (Å²) in [6.07, 6.45) is 1.72. The van der Waals surface area contributed by atoms with Gasteiger partial charge in [-0.1, -0.05) is 29.0 Å². The van der Waals surface area contributed by atoms with E-state index in [2.05, 4.69) is 4.98 Å². The summed E-state index contributed by atoms with van der Waals surface area (Å²) in [6, 6.07) is 16.6. The second kappa shape index (κ2) is 8.81. The molecular weight excluding hydrogens is 418 g/mol. The molecule has 0 fully saturated rings. The summed E-state index contributed by atoms with van der Waals surface area (Å²) in [5, 5.41) is 1.27. The Morgan fingerprint density at radius 3 is 2.63 bits per heavy atom. The molecule has 0 aliphatic heterocycles. The van der Waals surface area contributed by atoms with Crippen molar-refractivity contribution >= 4 is 44.2 Å². The predicted octanol–water partition coefficient (Wildman–Crippen LogP) is 5.90. The Labute approximate surface area is 183 Å². The first-order valence-corrected chi connectivity index (χ1v) is 10.8. The highest BCUT2D eigenvalue weighted by Crippen LogP contribution is 2.34. The SMILES string of the molecule is CCOc1ccc(C(=O)N(Cc2ccccn2)c2nc3c(C)c(Cl)ccc3s2)cc1. The molecule has 0 atom stereocenters. The van der Waals surface area contributed by atoms with E-state index in [4.69, 9.17) is 21.3 Å². The highest BCUT2D eigenvalue weighted by Gasteiger charge is 2.23. The van der Waals surface area contributed by atoms with E-state index in [0.717, 1.165) is 27.2 Å². The molecule has 0 spiro atoms. The van der Waals surface area contributed by atoms with Crippen LogP contribution in [0.2, 0.25) is 5.02 Å². The van der Waals surface area contributed by atoms with Gasteiger partial charge < -0.3 is 4.74 Å². The number of anilines is 1. The lowest BCUT2D eigenvalue weighted by molar-refractivity contribution is 0.0985. The number of carbonyl (C=O) groups excluding carboxylic acids is 1. The summed E-state index contributed by atoms with van der Waals surface area (Å²) in [5.41, 5.74) is 3.06. The molecule has 2 aromatic carbocycles. The third-order valence-electron chi connectivity index (χ3n) is 4.67. The summed E-state index contributed by atoms with van der Waals surface area (Å²) in [6.45, 7) is 4.76. The lowest BCUT2D eigenvalue weighted by Gasteiger charge is -2.19. The number of hydrogen-bond acceptors (Lipinski definition) is 5. The second-order valence-corrected chi connectivity index (χ2v) is 8.10. The number of aryl methyl sites for hydroxylation is 1. The van der Waals surface area contributed by atoms with Gasteiger partial charge in [0.1, 0.15) is 5.75 Å². The number of fused-ring (bicyclic) bond motifs is 1. The van der Waals surface area contributed by atoms with Crippen LogP contribution in [-0.4, -0.2) is 22.5 Å². The van der Waals surface area contributed by atoms with Crippen molar-refractivity contribution in [3.63, 3.8) is 0 Å². The number of ether oxygens (including phenoxy) is 1. The third-order valence-corrected chi connectivity index (χ3v) is 6.12. The molecule has 0 aliphatic rings. The number of halogens is 1. The molecule has 0 unspecified atom stereocenters. The van der Waals surface area contributed by atoms with Gasteiger partial charge in [-0.3, -0.25) is 14.7 Å². The smallest absolute Gasteiger partial charge is 0.260 e. The fraction of sp³-hybridized carbons (Fsp3) is 0.174. The van der Waals surface area contributed by atoms with Crippen molar-refractivity contribution in [1.29, 1.82) is 0 Å². The number of benzene rings is 2. The molecule has 7 heteroatoms. The van der Waals surface area contributed by atoms with Gasteiger partial charge in [0.15, 0.2) is 5.13 Å². The Morgan fingerprint density at radius 2 is 1.93 bits per heavy atom. The van der Waals surface area contributed by atoms with Crippen LogP contribution < -0.4 is 9.64 Å². The van der Waals surface area contributed by atoms with Gasteiger partial charge in [-0.2, -0.15) is 0 Å². The topological polar surface area (TPSA) is 55.3 Å². The number of amides is 1. The largest absolute Gasteiger partial charge is 0.494 e. The summed E-state index contributed by atoms with van der Waals surface area (Å²) in [4.78, 5) is 24.2.